The van der Waals surface area contributed by atoms with Crippen molar-refractivity contribution in [3.8, 4) is 0 Å². The van der Waals surface area contributed by atoms with E-state index in [0.29, 0.717) is 6.54 Å². The molecule has 5 heteroatoms. The Labute approximate surface area is 138 Å². The van der Waals surface area contributed by atoms with Crippen LogP contribution in [0.25, 0.3) is 0 Å². The number of benzene rings is 1. The molecule has 1 atom stereocenters. The summed E-state index contributed by atoms with van der Waals surface area (Å²) in [5, 5.41) is 0. The third-order valence-electron chi connectivity index (χ3n) is 4.79. The third kappa shape index (κ3) is 3.80. The summed E-state index contributed by atoms with van der Waals surface area (Å²) >= 11 is 0. The minimum atomic E-state index is 0.230. The van der Waals surface area contributed by atoms with Gasteiger partial charge >= 0.3 is 0 Å². The molecule has 0 amide bonds. The summed E-state index contributed by atoms with van der Waals surface area (Å²) in [6.07, 6.45) is 2.11. The fourth-order valence-corrected chi connectivity index (χ4v) is 3.28. The van der Waals surface area contributed by atoms with Crippen molar-refractivity contribution in [2.45, 2.75) is 19.5 Å². The lowest BCUT2D eigenvalue weighted by Crippen LogP contribution is -2.48. The summed E-state index contributed by atoms with van der Waals surface area (Å²) in [6, 6.07) is 10.9. The van der Waals surface area contributed by atoms with Crippen LogP contribution < -0.4 is 5.73 Å². The average Bonchev–Trinajstić information content (AvgIpc) is 2.90. The van der Waals surface area contributed by atoms with Crippen LogP contribution in [0.4, 0.5) is 0 Å². The van der Waals surface area contributed by atoms with E-state index in [-0.39, 0.29) is 6.04 Å². The molecule has 1 fully saturated rings. The normalized spacial score (nSPS) is 18.2. The van der Waals surface area contributed by atoms with Crippen molar-refractivity contribution in [3.05, 3.63) is 53.6 Å². The predicted octanol–water partition coefficient (Wildman–Crippen LogP) is 1.55. The fraction of sp³-hybridized carbons (Fsp3) is 0.500. The van der Waals surface area contributed by atoms with E-state index in [1.54, 1.807) is 0 Å². The van der Waals surface area contributed by atoms with E-state index in [0.717, 1.165) is 44.2 Å². The quantitative estimate of drug-likeness (QED) is 0.910. The van der Waals surface area contributed by atoms with E-state index in [9.17, 15) is 0 Å². The van der Waals surface area contributed by atoms with Crippen molar-refractivity contribution in [2.24, 2.45) is 12.8 Å². The zero-order chi connectivity index (χ0) is 16.2. The maximum absolute atomic E-state index is 6.05. The van der Waals surface area contributed by atoms with Gasteiger partial charge in [-0.05, 0) is 12.5 Å². The zero-order valence-electron chi connectivity index (χ0n) is 14.2. The number of nitrogens with zero attached hydrogens (tertiary/aromatic N) is 4. The monoisotopic (exact) mass is 313 g/mol. The van der Waals surface area contributed by atoms with Gasteiger partial charge in [0, 0.05) is 52.5 Å². The predicted molar refractivity (Wildman–Crippen MR) is 93.0 cm³/mol. The first kappa shape index (κ1) is 16.2. The first-order valence-corrected chi connectivity index (χ1v) is 8.37. The number of hydrogen-bond donors (Lipinski definition) is 1. The highest BCUT2D eigenvalue weighted by Gasteiger charge is 2.25. The molecule has 1 aromatic heterocycles. The highest BCUT2D eigenvalue weighted by molar-refractivity contribution is 5.14. The van der Waals surface area contributed by atoms with E-state index < -0.39 is 0 Å². The van der Waals surface area contributed by atoms with E-state index in [1.807, 2.05) is 14.0 Å². The highest BCUT2D eigenvalue weighted by Crippen LogP contribution is 2.21. The van der Waals surface area contributed by atoms with Crippen molar-refractivity contribution in [1.29, 1.82) is 0 Å². The number of aryl methyl sites for hydroxylation is 2. The molecule has 1 aromatic carbocycles. The Balaban J connectivity index is 1.59. The lowest BCUT2D eigenvalue weighted by atomic mass is 10.1. The first-order chi connectivity index (χ1) is 11.2. The van der Waals surface area contributed by atoms with Crippen LogP contribution in [-0.4, -0.2) is 52.1 Å². The standard InChI is InChI=1S/C18H27N5/c1-15-20-17(14-21(15)2)18(12-19)23-10-8-22(9-11-23)13-16-6-4-3-5-7-16/h3-7,14,18H,8-13,19H2,1-2H3. The molecular formula is C18H27N5. The van der Waals surface area contributed by atoms with Crippen LogP contribution in [0, 0.1) is 6.92 Å². The maximum Gasteiger partial charge on any atom is 0.105 e. The van der Waals surface area contributed by atoms with Gasteiger partial charge in [-0.1, -0.05) is 30.3 Å². The van der Waals surface area contributed by atoms with Crippen molar-refractivity contribution in [1.82, 2.24) is 19.4 Å². The molecule has 0 aliphatic carbocycles. The lowest BCUT2D eigenvalue weighted by molar-refractivity contribution is 0.0927. The molecule has 1 unspecified atom stereocenters. The molecule has 124 valence electrons. The minimum Gasteiger partial charge on any atom is -0.338 e. The van der Waals surface area contributed by atoms with E-state index >= 15 is 0 Å². The average molecular weight is 313 g/mol. The zero-order valence-corrected chi connectivity index (χ0v) is 14.2. The minimum absolute atomic E-state index is 0.230. The molecule has 0 saturated carbocycles. The van der Waals surface area contributed by atoms with Gasteiger partial charge in [0.15, 0.2) is 0 Å². The smallest absolute Gasteiger partial charge is 0.105 e. The Hall–Kier alpha value is -1.69. The molecule has 2 heterocycles. The lowest BCUT2D eigenvalue weighted by Gasteiger charge is -2.38. The number of aromatic nitrogens is 2. The SMILES string of the molecule is Cc1nc(C(CN)N2CCN(Cc3ccccc3)CC2)cn1C. The maximum atomic E-state index is 6.05. The second-order valence-electron chi connectivity index (χ2n) is 6.37. The molecule has 1 saturated heterocycles. The molecule has 2 aromatic rings. The van der Waals surface area contributed by atoms with Crippen molar-refractivity contribution >= 4 is 0 Å². The Bertz CT molecular complexity index is 594. The Morgan fingerprint density at radius 2 is 1.83 bits per heavy atom. The molecule has 5 nitrogen and oxygen atoms in total. The van der Waals surface area contributed by atoms with Crippen LogP contribution in [0.5, 0.6) is 0 Å². The van der Waals surface area contributed by atoms with Crippen LogP contribution in [-0.2, 0) is 13.6 Å². The third-order valence-corrected chi connectivity index (χ3v) is 4.79. The van der Waals surface area contributed by atoms with Gasteiger partial charge in [0.2, 0.25) is 0 Å². The summed E-state index contributed by atoms with van der Waals surface area (Å²) in [5.41, 5.74) is 8.54. The number of nitrogens with two attached hydrogens (primary N) is 1. The Morgan fingerprint density at radius 3 is 2.39 bits per heavy atom. The van der Waals surface area contributed by atoms with Crippen LogP contribution in [0.1, 0.15) is 23.1 Å². The number of hydrogen-bond acceptors (Lipinski definition) is 4. The van der Waals surface area contributed by atoms with E-state index in [4.69, 9.17) is 5.73 Å². The Kier molecular flexibility index (Phi) is 5.10. The first-order valence-electron chi connectivity index (χ1n) is 8.37. The second kappa shape index (κ2) is 7.25. The largest absolute Gasteiger partial charge is 0.338 e. The number of imidazole rings is 1. The summed E-state index contributed by atoms with van der Waals surface area (Å²) in [6.45, 7) is 7.94. The molecular weight excluding hydrogens is 286 g/mol. The van der Waals surface area contributed by atoms with Crippen LogP contribution in [0.15, 0.2) is 36.5 Å². The van der Waals surface area contributed by atoms with Crippen LogP contribution in [0.2, 0.25) is 0 Å². The highest BCUT2D eigenvalue weighted by atomic mass is 15.3. The second-order valence-corrected chi connectivity index (χ2v) is 6.37. The van der Waals surface area contributed by atoms with Crippen LogP contribution >= 0.6 is 0 Å². The van der Waals surface area contributed by atoms with Gasteiger partial charge in [-0.2, -0.15) is 0 Å². The molecule has 0 spiro atoms. The molecule has 2 N–H and O–H groups in total. The molecule has 1 aliphatic rings. The van der Waals surface area contributed by atoms with Crippen molar-refractivity contribution < 1.29 is 0 Å². The summed E-state index contributed by atoms with van der Waals surface area (Å²) < 4.78 is 2.07. The van der Waals surface area contributed by atoms with Gasteiger partial charge in [-0.25, -0.2) is 4.98 Å². The summed E-state index contributed by atoms with van der Waals surface area (Å²) in [5.74, 6) is 1.04. The van der Waals surface area contributed by atoms with Gasteiger partial charge in [-0.3, -0.25) is 9.80 Å². The number of rotatable bonds is 5. The fourth-order valence-electron chi connectivity index (χ4n) is 3.28. The van der Waals surface area contributed by atoms with Crippen molar-refractivity contribution in [3.63, 3.8) is 0 Å². The molecule has 3 rings (SSSR count). The summed E-state index contributed by atoms with van der Waals surface area (Å²) in [4.78, 5) is 9.66. The van der Waals surface area contributed by atoms with E-state index in [2.05, 4.69) is 55.9 Å². The molecule has 23 heavy (non-hydrogen) atoms. The molecule has 0 radical (unpaired) electrons. The van der Waals surface area contributed by atoms with Gasteiger partial charge in [0.05, 0.1) is 11.7 Å². The van der Waals surface area contributed by atoms with Gasteiger partial charge in [0.1, 0.15) is 5.82 Å². The topological polar surface area (TPSA) is 50.3 Å². The van der Waals surface area contributed by atoms with Gasteiger partial charge in [-0.15, -0.1) is 0 Å². The van der Waals surface area contributed by atoms with Gasteiger partial charge < -0.3 is 10.3 Å². The summed E-state index contributed by atoms with van der Waals surface area (Å²) in [7, 11) is 2.04. The van der Waals surface area contributed by atoms with Crippen molar-refractivity contribution in [2.75, 3.05) is 32.7 Å². The molecule has 0 bridgehead atoms. The molecule has 1 aliphatic heterocycles. The van der Waals surface area contributed by atoms with Gasteiger partial charge in [0.25, 0.3) is 0 Å². The Morgan fingerprint density at radius 1 is 1.13 bits per heavy atom. The van der Waals surface area contributed by atoms with E-state index in [1.165, 1.54) is 5.56 Å². The van der Waals surface area contributed by atoms with Crippen LogP contribution in [0.3, 0.4) is 0 Å². The number of piperazine rings is 1.